The molecule has 9 heteroatoms. The van der Waals surface area contributed by atoms with Crippen molar-refractivity contribution in [2.45, 2.75) is 182 Å². The summed E-state index contributed by atoms with van der Waals surface area (Å²) in [5, 5.41) is 11.3. The van der Waals surface area contributed by atoms with Gasteiger partial charge in [-0.15, -0.1) is 0 Å². The summed E-state index contributed by atoms with van der Waals surface area (Å²) in [6.07, 6.45) is 27.0. The lowest BCUT2D eigenvalue weighted by atomic mass is 10.1. The minimum absolute atomic E-state index is 0.273. The maximum Gasteiger partial charge on any atom is 0.343 e. The molecule has 2 aromatic carbocycles. The van der Waals surface area contributed by atoms with Crippen LogP contribution in [0.5, 0.6) is 28.9 Å². The van der Waals surface area contributed by atoms with E-state index in [1.807, 2.05) is 12.1 Å². The van der Waals surface area contributed by atoms with Gasteiger partial charge in [-0.3, -0.25) is 4.79 Å². The Balaban J connectivity index is 1.97. The van der Waals surface area contributed by atoms with Crippen molar-refractivity contribution in [2.24, 2.45) is 0 Å². The Bertz CT molecular complexity index is 1630. The highest BCUT2D eigenvalue weighted by Crippen LogP contribution is 2.32. The van der Waals surface area contributed by atoms with Crippen LogP contribution in [0.15, 0.2) is 52.1 Å². The van der Waals surface area contributed by atoms with Gasteiger partial charge < -0.3 is 24.1 Å². The van der Waals surface area contributed by atoms with Crippen LogP contribution in [-0.2, 0) is 0 Å². The molecule has 0 saturated heterocycles. The number of aromatic hydroxyl groups is 1. The highest BCUT2D eigenvalue weighted by Gasteiger charge is 2.21. The van der Waals surface area contributed by atoms with E-state index in [0.29, 0.717) is 55.1 Å². The summed E-state index contributed by atoms with van der Waals surface area (Å²) in [6.45, 7) is 10.8. The quantitative estimate of drug-likeness (QED) is 0.0601. The summed E-state index contributed by atoms with van der Waals surface area (Å²) >= 11 is 0. The molecule has 0 aliphatic heterocycles. The monoisotopic (exact) mass is 793 g/mol. The van der Waals surface area contributed by atoms with E-state index in [0.717, 1.165) is 79.4 Å². The molecule has 0 radical (unpaired) electrons. The number of unbranched alkanes of at least 4 members (excludes halogenated alkanes) is 20. The van der Waals surface area contributed by atoms with E-state index in [9.17, 15) is 14.7 Å². The normalized spacial score (nSPS) is 11.2. The predicted octanol–water partition coefficient (Wildman–Crippen LogP) is 12.7. The highest BCUT2D eigenvalue weighted by atomic mass is 16.5. The molecule has 0 amide bonds. The first kappa shape index (κ1) is 47.5. The first-order chi connectivity index (χ1) is 27.9. The maximum absolute atomic E-state index is 14.6. The van der Waals surface area contributed by atoms with Crippen LogP contribution < -0.4 is 30.2 Å². The zero-order valence-electron chi connectivity index (χ0n) is 36.1. The lowest BCUT2D eigenvalue weighted by molar-refractivity contribution is 0.293. The second kappa shape index (κ2) is 29.4. The molecule has 57 heavy (non-hydrogen) atoms. The van der Waals surface area contributed by atoms with Gasteiger partial charge in [0.2, 0.25) is 5.88 Å². The van der Waals surface area contributed by atoms with Crippen LogP contribution in [0, 0.1) is 0 Å². The average molecular weight is 793 g/mol. The van der Waals surface area contributed by atoms with Crippen LogP contribution in [0.1, 0.15) is 182 Å². The molecular formula is C48H76N2O7. The largest absolute Gasteiger partial charge is 0.494 e. The molecule has 0 bridgehead atoms. The topological polar surface area (TPSA) is 101 Å². The Morgan fingerprint density at radius 3 is 1.14 bits per heavy atom. The smallest absolute Gasteiger partial charge is 0.343 e. The van der Waals surface area contributed by atoms with Crippen molar-refractivity contribution < 1.29 is 24.1 Å². The van der Waals surface area contributed by atoms with Gasteiger partial charge in [0, 0.05) is 12.1 Å². The van der Waals surface area contributed by atoms with Crippen LogP contribution in [-0.4, -0.2) is 40.7 Å². The molecule has 0 spiro atoms. The maximum atomic E-state index is 14.6. The number of nitrogens with zero attached hydrogens (tertiary/aromatic N) is 2. The minimum Gasteiger partial charge on any atom is -0.494 e. The third-order valence-electron chi connectivity index (χ3n) is 10.5. The lowest BCUT2D eigenvalue weighted by Gasteiger charge is -2.19. The highest BCUT2D eigenvalue weighted by molar-refractivity contribution is 5.55. The van der Waals surface area contributed by atoms with Crippen molar-refractivity contribution >= 4 is 0 Å². The number of hydrogen-bond donors (Lipinski definition) is 1. The number of benzene rings is 2. The number of aromatic nitrogens is 2. The number of hydrogen-bond acceptors (Lipinski definition) is 7. The first-order valence-corrected chi connectivity index (χ1v) is 22.8. The zero-order valence-corrected chi connectivity index (χ0v) is 36.1. The van der Waals surface area contributed by atoms with E-state index in [2.05, 4.69) is 27.7 Å². The van der Waals surface area contributed by atoms with Crippen molar-refractivity contribution in [1.29, 1.82) is 0 Å². The van der Waals surface area contributed by atoms with E-state index in [1.54, 1.807) is 24.3 Å². The van der Waals surface area contributed by atoms with E-state index in [-0.39, 0.29) is 5.69 Å². The summed E-state index contributed by atoms with van der Waals surface area (Å²) in [7, 11) is 0. The Kier molecular flexibility index (Phi) is 24.5. The lowest BCUT2D eigenvalue weighted by Crippen LogP contribution is -2.37. The Morgan fingerprint density at radius 1 is 0.421 bits per heavy atom. The molecule has 0 atom stereocenters. The molecule has 3 rings (SSSR count). The van der Waals surface area contributed by atoms with Crippen LogP contribution in [0.3, 0.4) is 0 Å². The van der Waals surface area contributed by atoms with Gasteiger partial charge in [0.1, 0.15) is 23.0 Å². The van der Waals surface area contributed by atoms with Crippen molar-refractivity contribution in [3.8, 4) is 40.3 Å². The molecule has 0 saturated carbocycles. The zero-order chi connectivity index (χ0) is 40.9. The van der Waals surface area contributed by atoms with Crippen LogP contribution in [0.4, 0.5) is 0 Å². The number of ether oxygens (including phenoxy) is 4. The van der Waals surface area contributed by atoms with Gasteiger partial charge in [-0.1, -0.05) is 156 Å². The second-order valence-corrected chi connectivity index (χ2v) is 15.5. The van der Waals surface area contributed by atoms with Crippen molar-refractivity contribution in [3.05, 3.63) is 63.3 Å². The van der Waals surface area contributed by atoms with Crippen molar-refractivity contribution in [3.63, 3.8) is 0 Å². The van der Waals surface area contributed by atoms with E-state index in [4.69, 9.17) is 18.9 Å². The Hall–Kier alpha value is -3.88. The average Bonchev–Trinajstić information content (AvgIpc) is 3.20. The van der Waals surface area contributed by atoms with Gasteiger partial charge >= 0.3 is 5.69 Å². The molecule has 1 heterocycles. The van der Waals surface area contributed by atoms with Crippen LogP contribution >= 0.6 is 0 Å². The molecular weight excluding hydrogens is 717 g/mol. The van der Waals surface area contributed by atoms with E-state index in [1.165, 1.54) is 89.9 Å². The number of rotatable bonds is 34. The van der Waals surface area contributed by atoms with Gasteiger partial charge in [0.05, 0.1) is 43.9 Å². The Labute approximate surface area is 344 Å². The SMILES string of the molecule is CCCCCCCCOc1ccc(OCCCCCCCC)c(-n2c(O)cc(=O)n(-c3cc(OCCCCCCCC)ccc3OCCCCCCCC)c2=O)c1. The van der Waals surface area contributed by atoms with Gasteiger partial charge in [-0.05, 0) is 49.9 Å². The van der Waals surface area contributed by atoms with Crippen molar-refractivity contribution in [1.82, 2.24) is 9.13 Å². The molecule has 1 N–H and O–H groups in total. The standard InChI is InChI=1S/C48H76N2O7/c1-5-9-13-17-21-25-33-54-40-29-31-44(56-35-27-23-19-15-11-7-3)42(37-40)49-46(51)39-47(52)50(48(49)53)43-38-41(55-34-26-22-18-14-10-6-2)30-32-45(43)57-36-28-24-20-16-12-8-4/h29-32,37-39,51H,5-28,33-36H2,1-4H3. The van der Waals surface area contributed by atoms with Gasteiger partial charge in [0.25, 0.3) is 5.56 Å². The fraction of sp³-hybridized carbons (Fsp3) is 0.667. The van der Waals surface area contributed by atoms with Gasteiger partial charge in [-0.25, -0.2) is 13.9 Å². The Morgan fingerprint density at radius 2 is 0.754 bits per heavy atom. The summed E-state index contributed by atoms with van der Waals surface area (Å²) in [5.41, 5.74) is -0.829. The summed E-state index contributed by atoms with van der Waals surface area (Å²) in [6, 6.07) is 11.7. The van der Waals surface area contributed by atoms with Crippen LogP contribution in [0.25, 0.3) is 11.4 Å². The van der Waals surface area contributed by atoms with Crippen molar-refractivity contribution in [2.75, 3.05) is 26.4 Å². The third kappa shape index (κ3) is 17.7. The van der Waals surface area contributed by atoms with E-state index < -0.39 is 17.1 Å². The molecule has 3 aromatic rings. The first-order valence-electron chi connectivity index (χ1n) is 22.8. The summed E-state index contributed by atoms with van der Waals surface area (Å²) in [4.78, 5) is 28.4. The fourth-order valence-electron chi connectivity index (χ4n) is 7.02. The second-order valence-electron chi connectivity index (χ2n) is 15.5. The summed E-state index contributed by atoms with van der Waals surface area (Å²) < 4.78 is 27.1. The molecule has 320 valence electrons. The molecule has 0 unspecified atom stereocenters. The van der Waals surface area contributed by atoms with E-state index >= 15 is 0 Å². The fourth-order valence-corrected chi connectivity index (χ4v) is 7.02. The van der Waals surface area contributed by atoms with Crippen LogP contribution in [0.2, 0.25) is 0 Å². The summed E-state index contributed by atoms with van der Waals surface area (Å²) in [5.74, 6) is 1.45. The van der Waals surface area contributed by atoms with Gasteiger partial charge in [0.15, 0.2) is 0 Å². The third-order valence-corrected chi connectivity index (χ3v) is 10.5. The van der Waals surface area contributed by atoms with Gasteiger partial charge in [-0.2, -0.15) is 0 Å². The molecule has 9 nitrogen and oxygen atoms in total. The molecule has 0 aliphatic carbocycles. The molecule has 1 aromatic heterocycles. The minimum atomic E-state index is -0.741. The predicted molar refractivity (Wildman–Crippen MR) is 235 cm³/mol. The molecule has 0 fully saturated rings. The molecule has 0 aliphatic rings.